The Hall–Kier alpha value is -2.91. The molecule has 1 aliphatic carbocycles. The van der Waals surface area contributed by atoms with Gasteiger partial charge in [0.25, 0.3) is 15.9 Å². The number of benzene rings is 2. The van der Waals surface area contributed by atoms with Crippen LogP contribution in [-0.2, 0) is 26.2 Å². The molecule has 0 spiro atoms. The summed E-state index contributed by atoms with van der Waals surface area (Å²) >= 11 is 6.39. The van der Waals surface area contributed by atoms with E-state index in [0.29, 0.717) is 11.4 Å². The number of carbonyl (C=O) groups is 3. The number of hydrogen-bond acceptors (Lipinski definition) is 5. The van der Waals surface area contributed by atoms with Crippen molar-refractivity contribution in [3.63, 3.8) is 0 Å². The minimum Gasteiger partial charge on any atom is -0.352 e. The summed E-state index contributed by atoms with van der Waals surface area (Å²) in [5.74, 6) is -1.07. The molecule has 2 aromatic rings. The normalized spacial score (nSPS) is 17.6. The van der Waals surface area contributed by atoms with Gasteiger partial charge in [-0.15, -0.1) is 0 Å². The molecule has 0 saturated heterocycles. The molecule has 0 radical (unpaired) electrons. The van der Waals surface area contributed by atoms with E-state index in [2.05, 4.69) is 5.32 Å². The van der Waals surface area contributed by atoms with Crippen molar-refractivity contribution < 1.29 is 22.8 Å². The number of halogens is 1. The van der Waals surface area contributed by atoms with Crippen LogP contribution in [0.3, 0.4) is 0 Å². The van der Waals surface area contributed by atoms with Crippen LogP contribution in [0.1, 0.15) is 74.2 Å². The van der Waals surface area contributed by atoms with E-state index in [9.17, 15) is 22.8 Å². The van der Waals surface area contributed by atoms with Crippen LogP contribution in [0.15, 0.2) is 53.4 Å². The lowest BCUT2D eigenvalue weighted by Gasteiger charge is -2.33. The molecular weight excluding hydrogens is 526 g/mol. The molecule has 1 saturated carbocycles. The highest BCUT2D eigenvalue weighted by molar-refractivity contribution is 7.90. The van der Waals surface area contributed by atoms with Crippen molar-refractivity contribution in [2.75, 3.05) is 6.54 Å². The molecule has 8 nitrogen and oxygen atoms in total. The smallest absolute Gasteiger partial charge is 0.269 e. The standard InChI is InChI=1S/C28H34ClN3O5S/c1-2-24(27(34)30-21-12-4-3-5-13-21)31(19-20-11-6-8-15-23(20)29)26(33)17-10-18-32-28(35)22-14-7-9-16-25(22)38(32,36)37/h6-9,11,14-16,21,24H,2-5,10,12-13,17-19H2,1H3,(H,30,34)/t24-/m0/s1. The van der Waals surface area contributed by atoms with Crippen LogP contribution in [0, 0.1) is 0 Å². The first-order chi connectivity index (χ1) is 18.2. The molecule has 2 aromatic carbocycles. The molecule has 3 amide bonds. The predicted molar refractivity (Wildman–Crippen MR) is 145 cm³/mol. The highest BCUT2D eigenvalue weighted by atomic mass is 35.5. The second-order valence-corrected chi connectivity index (χ2v) is 12.1. The average Bonchev–Trinajstić information content (AvgIpc) is 3.10. The molecule has 2 aliphatic rings. The van der Waals surface area contributed by atoms with Crippen molar-refractivity contribution >= 4 is 39.3 Å². The lowest BCUT2D eigenvalue weighted by atomic mass is 9.95. The minimum atomic E-state index is -3.94. The van der Waals surface area contributed by atoms with Crippen molar-refractivity contribution in [2.24, 2.45) is 0 Å². The molecule has 1 N–H and O–H groups in total. The first-order valence-electron chi connectivity index (χ1n) is 13.2. The Kier molecular flexibility index (Phi) is 9.10. The van der Waals surface area contributed by atoms with Crippen molar-refractivity contribution in [2.45, 2.75) is 81.8 Å². The van der Waals surface area contributed by atoms with E-state index in [1.54, 1.807) is 24.3 Å². The summed E-state index contributed by atoms with van der Waals surface area (Å²) in [4.78, 5) is 41.1. The van der Waals surface area contributed by atoms with E-state index < -0.39 is 22.0 Å². The number of carbonyl (C=O) groups excluding carboxylic acids is 3. The third-order valence-corrected chi connectivity index (χ3v) is 9.51. The highest BCUT2D eigenvalue weighted by Crippen LogP contribution is 2.30. The maximum atomic E-state index is 13.5. The average molecular weight is 560 g/mol. The van der Waals surface area contributed by atoms with Gasteiger partial charge in [0.05, 0.1) is 5.56 Å². The van der Waals surface area contributed by atoms with E-state index in [4.69, 9.17) is 11.6 Å². The van der Waals surface area contributed by atoms with Gasteiger partial charge in [-0.1, -0.05) is 68.1 Å². The van der Waals surface area contributed by atoms with Crippen molar-refractivity contribution in [1.29, 1.82) is 0 Å². The summed E-state index contributed by atoms with van der Waals surface area (Å²) in [5, 5.41) is 3.63. The zero-order chi connectivity index (χ0) is 27.3. The first kappa shape index (κ1) is 28.1. The molecule has 1 heterocycles. The number of nitrogens with one attached hydrogen (secondary N) is 1. The molecule has 1 atom stereocenters. The molecule has 4 rings (SSSR count). The van der Waals surface area contributed by atoms with E-state index in [1.165, 1.54) is 23.5 Å². The molecule has 204 valence electrons. The van der Waals surface area contributed by atoms with Gasteiger partial charge in [-0.3, -0.25) is 14.4 Å². The Morgan fingerprint density at radius 1 is 1.08 bits per heavy atom. The lowest BCUT2D eigenvalue weighted by Crippen LogP contribution is -2.51. The zero-order valence-electron chi connectivity index (χ0n) is 21.6. The van der Waals surface area contributed by atoms with Gasteiger partial charge >= 0.3 is 0 Å². The number of fused-ring (bicyclic) bond motifs is 1. The second kappa shape index (κ2) is 12.3. The fraction of sp³-hybridized carbons (Fsp3) is 0.464. The van der Waals surface area contributed by atoms with Gasteiger partial charge in [0.1, 0.15) is 10.9 Å². The third-order valence-electron chi connectivity index (χ3n) is 7.30. The SMILES string of the molecule is CC[C@@H](C(=O)NC1CCCCC1)N(Cc1ccccc1Cl)C(=O)CCCN1C(=O)c2ccccc2S1(=O)=O. The van der Waals surface area contributed by atoms with E-state index in [1.807, 2.05) is 19.1 Å². The lowest BCUT2D eigenvalue weighted by molar-refractivity contribution is -0.141. The first-order valence-corrected chi connectivity index (χ1v) is 15.0. The molecular formula is C28H34ClN3O5S. The quantitative estimate of drug-likeness (QED) is 0.461. The molecule has 10 heteroatoms. The van der Waals surface area contributed by atoms with Gasteiger partial charge in [0.15, 0.2) is 0 Å². The molecule has 1 aliphatic heterocycles. The summed E-state index contributed by atoms with van der Waals surface area (Å²) in [5.41, 5.74) is 0.865. The number of rotatable bonds is 10. The maximum absolute atomic E-state index is 13.5. The van der Waals surface area contributed by atoms with Gasteiger partial charge in [-0.05, 0) is 49.4 Å². The van der Waals surface area contributed by atoms with Crippen molar-refractivity contribution in [1.82, 2.24) is 14.5 Å². The van der Waals surface area contributed by atoms with E-state index in [0.717, 1.165) is 35.6 Å². The van der Waals surface area contributed by atoms with Gasteiger partial charge in [0.2, 0.25) is 11.8 Å². The minimum absolute atomic E-state index is 0.0119. The summed E-state index contributed by atoms with van der Waals surface area (Å²) in [7, 11) is -3.94. The van der Waals surface area contributed by atoms with Crippen molar-refractivity contribution in [3.05, 3.63) is 64.7 Å². The molecule has 1 fully saturated rings. The van der Waals surface area contributed by atoms with Crippen LogP contribution >= 0.6 is 11.6 Å². The summed E-state index contributed by atoms with van der Waals surface area (Å²) < 4.78 is 26.5. The highest BCUT2D eigenvalue weighted by Gasteiger charge is 2.40. The third kappa shape index (κ3) is 6.04. The number of sulfonamides is 1. The van der Waals surface area contributed by atoms with Gasteiger partial charge in [-0.25, -0.2) is 12.7 Å². The fourth-order valence-corrected chi connectivity index (χ4v) is 7.05. The number of amides is 3. The Morgan fingerprint density at radius 3 is 2.45 bits per heavy atom. The van der Waals surface area contributed by atoms with Crippen molar-refractivity contribution in [3.8, 4) is 0 Å². The van der Waals surface area contributed by atoms with Gasteiger partial charge in [-0.2, -0.15) is 0 Å². The maximum Gasteiger partial charge on any atom is 0.269 e. The fourth-order valence-electron chi connectivity index (χ4n) is 5.24. The number of nitrogens with zero attached hydrogens (tertiary/aromatic N) is 2. The predicted octanol–water partition coefficient (Wildman–Crippen LogP) is 4.52. The van der Waals surface area contributed by atoms with Gasteiger partial charge < -0.3 is 10.2 Å². The van der Waals surface area contributed by atoms with Crippen LogP contribution < -0.4 is 5.32 Å². The molecule has 0 aromatic heterocycles. The second-order valence-electron chi connectivity index (χ2n) is 9.86. The Morgan fingerprint density at radius 2 is 1.76 bits per heavy atom. The molecule has 38 heavy (non-hydrogen) atoms. The monoisotopic (exact) mass is 559 g/mol. The zero-order valence-corrected chi connectivity index (χ0v) is 23.1. The van der Waals surface area contributed by atoms with Crippen LogP contribution in [0.4, 0.5) is 0 Å². The molecule has 0 unspecified atom stereocenters. The summed E-state index contributed by atoms with van der Waals surface area (Å²) in [6.07, 6.45) is 5.72. The summed E-state index contributed by atoms with van der Waals surface area (Å²) in [6, 6.07) is 12.7. The summed E-state index contributed by atoms with van der Waals surface area (Å²) in [6.45, 7) is 1.90. The van der Waals surface area contributed by atoms with Crippen LogP contribution in [0.2, 0.25) is 5.02 Å². The topological polar surface area (TPSA) is 104 Å². The van der Waals surface area contributed by atoms with Crippen LogP contribution in [-0.4, -0.2) is 54.0 Å². The molecule has 0 bridgehead atoms. The Balaban J connectivity index is 1.47. The number of hydrogen-bond donors (Lipinski definition) is 1. The van der Waals surface area contributed by atoms with E-state index in [-0.39, 0.29) is 54.2 Å². The van der Waals surface area contributed by atoms with Crippen LogP contribution in [0.5, 0.6) is 0 Å². The van der Waals surface area contributed by atoms with Gasteiger partial charge in [0, 0.05) is 30.6 Å². The van der Waals surface area contributed by atoms with E-state index >= 15 is 0 Å². The van der Waals surface area contributed by atoms with Crippen LogP contribution in [0.25, 0.3) is 0 Å². The largest absolute Gasteiger partial charge is 0.352 e. The Labute approximate surface area is 229 Å². The Bertz CT molecular complexity index is 1290.